The zero-order chi connectivity index (χ0) is 13.5. The molecule has 4 nitrogen and oxygen atoms in total. The zero-order valence-electron chi connectivity index (χ0n) is 11.7. The number of hydrogen-bond acceptors (Lipinski definition) is 5. The third-order valence-corrected chi connectivity index (χ3v) is 5.84. The van der Waals surface area contributed by atoms with Crippen molar-refractivity contribution in [1.29, 1.82) is 0 Å². The van der Waals surface area contributed by atoms with E-state index in [9.17, 15) is 0 Å². The standard InChI is InChI=1S/C14H22N4S/c1-9-11(15)17-13(10-4-5-10)18-12(9)16-8-14(19-2)6-3-7-14/h10H,3-8H2,1-2H3,(H3,15,16,17,18). The van der Waals surface area contributed by atoms with E-state index in [1.807, 2.05) is 18.7 Å². The van der Waals surface area contributed by atoms with Gasteiger partial charge in [0.05, 0.1) is 0 Å². The summed E-state index contributed by atoms with van der Waals surface area (Å²) in [7, 11) is 0. The molecular weight excluding hydrogens is 256 g/mol. The third-order valence-electron chi connectivity index (χ3n) is 4.42. The third kappa shape index (κ3) is 2.53. The van der Waals surface area contributed by atoms with Gasteiger partial charge in [-0.3, -0.25) is 0 Å². The molecule has 2 fully saturated rings. The number of nitrogen functional groups attached to an aromatic ring is 1. The molecule has 0 atom stereocenters. The number of rotatable bonds is 5. The maximum Gasteiger partial charge on any atom is 0.136 e. The minimum atomic E-state index is 0.409. The molecule has 0 bridgehead atoms. The van der Waals surface area contributed by atoms with E-state index in [-0.39, 0.29) is 0 Å². The van der Waals surface area contributed by atoms with Gasteiger partial charge < -0.3 is 11.1 Å². The Morgan fingerprint density at radius 2 is 2.11 bits per heavy atom. The minimum absolute atomic E-state index is 0.409. The maximum absolute atomic E-state index is 6.01. The van der Waals surface area contributed by atoms with Crippen LogP contribution in [0.4, 0.5) is 11.6 Å². The molecule has 3 N–H and O–H groups in total. The van der Waals surface area contributed by atoms with Gasteiger partial charge in [-0.1, -0.05) is 6.42 Å². The Labute approximate surface area is 119 Å². The predicted octanol–water partition coefficient (Wildman–Crippen LogP) is 2.94. The molecule has 19 heavy (non-hydrogen) atoms. The Balaban J connectivity index is 1.75. The quantitative estimate of drug-likeness (QED) is 0.867. The second kappa shape index (κ2) is 4.85. The van der Waals surface area contributed by atoms with Crippen molar-refractivity contribution in [2.75, 3.05) is 23.9 Å². The molecule has 2 saturated carbocycles. The number of thioether (sulfide) groups is 1. The predicted molar refractivity (Wildman–Crippen MR) is 81.7 cm³/mol. The molecule has 2 aliphatic carbocycles. The first-order valence-corrected chi connectivity index (χ1v) is 8.29. The average Bonchev–Trinajstić information content (AvgIpc) is 3.17. The van der Waals surface area contributed by atoms with E-state index < -0.39 is 0 Å². The Morgan fingerprint density at radius 1 is 1.37 bits per heavy atom. The first-order valence-electron chi connectivity index (χ1n) is 7.06. The van der Waals surface area contributed by atoms with E-state index in [4.69, 9.17) is 5.73 Å². The number of anilines is 2. The summed E-state index contributed by atoms with van der Waals surface area (Å²) in [5.41, 5.74) is 7.00. The van der Waals surface area contributed by atoms with Crippen molar-refractivity contribution in [1.82, 2.24) is 9.97 Å². The summed E-state index contributed by atoms with van der Waals surface area (Å²) in [5, 5.41) is 3.52. The van der Waals surface area contributed by atoms with Gasteiger partial charge in [-0.2, -0.15) is 11.8 Å². The molecule has 0 saturated heterocycles. The lowest BCUT2D eigenvalue weighted by atomic mass is 9.84. The second-order valence-corrected chi connectivity index (χ2v) is 7.08. The van der Waals surface area contributed by atoms with Crippen molar-refractivity contribution >= 4 is 23.4 Å². The number of aromatic nitrogens is 2. The summed E-state index contributed by atoms with van der Waals surface area (Å²) in [6.45, 7) is 2.98. The number of nitrogens with one attached hydrogen (secondary N) is 1. The topological polar surface area (TPSA) is 63.8 Å². The average molecular weight is 278 g/mol. The van der Waals surface area contributed by atoms with Crippen LogP contribution < -0.4 is 11.1 Å². The van der Waals surface area contributed by atoms with Crippen LogP contribution in [-0.2, 0) is 0 Å². The van der Waals surface area contributed by atoms with Crippen molar-refractivity contribution in [3.05, 3.63) is 11.4 Å². The number of nitrogens with zero attached hydrogens (tertiary/aromatic N) is 2. The Morgan fingerprint density at radius 3 is 2.63 bits per heavy atom. The molecule has 1 aromatic heterocycles. The van der Waals surface area contributed by atoms with E-state index in [1.54, 1.807) is 0 Å². The van der Waals surface area contributed by atoms with Crippen LogP contribution in [0.3, 0.4) is 0 Å². The fourth-order valence-corrected chi connectivity index (χ4v) is 3.43. The molecule has 0 unspecified atom stereocenters. The highest BCUT2D eigenvalue weighted by Gasteiger charge is 2.36. The molecule has 0 spiro atoms. The van der Waals surface area contributed by atoms with Crippen LogP contribution in [-0.4, -0.2) is 27.5 Å². The summed E-state index contributed by atoms with van der Waals surface area (Å²) < 4.78 is 0.409. The molecule has 0 aromatic carbocycles. The van der Waals surface area contributed by atoms with E-state index in [0.717, 1.165) is 23.8 Å². The summed E-state index contributed by atoms with van der Waals surface area (Å²) in [6, 6.07) is 0. The van der Waals surface area contributed by atoms with E-state index in [0.29, 0.717) is 16.5 Å². The van der Waals surface area contributed by atoms with Crippen LogP contribution >= 0.6 is 11.8 Å². The fourth-order valence-electron chi connectivity index (χ4n) is 2.52. The van der Waals surface area contributed by atoms with E-state index in [2.05, 4.69) is 21.5 Å². The Bertz CT molecular complexity index is 475. The molecule has 5 heteroatoms. The molecule has 104 valence electrons. The monoisotopic (exact) mass is 278 g/mol. The first-order chi connectivity index (χ1) is 9.13. The molecule has 0 aliphatic heterocycles. The van der Waals surface area contributed by atoms with Crippen molar-refractivity contribution in [2.24, 2.45) is 0 Å². The smallest absolute Gasteiger partial charge is 0.136 e. The summed E-state index contributed by atoms with van der Waals surface area (Å²) in [4.78, 5) is 9.09. The highest BCUT2D eigenvalue weighted by molar-refractivity contribution is 8.00. The number of nitrogens with two attached hydrogens (primary N) is 1. The van der Waals surface area contributed by atoms with Gasteiger partial charge in [-0.05, 0) is 38.9 Å². The molecule has 1 aromatic rings. The Hall–Kier alpha value is -0.970. The lowest BCUT2D eigenvalue weighted by Crippen LogP contribution is -2.40. The van der Waals surface area contributed by atoms with Gasteiger partial charge in [0, 0.05) is 22.8 Å². The highest BCUT2D eigenvalue weighted by atomic mass is 32.2. The van der Waals surface area contributed by atoms with Crippen LogP contribution in [0.1, 0.15) is 49.4 Å². The largest absolute Gasteiger partial charge is 0.383 e. The fraction of sp³-hybridized carbons (Fsp3) is 0.714. The van der Waals surface area contributed by atoms with E-state index in [1.165, 1.54) is 32.1 Å². The molecule has 0 radical (unpaired) electrons. The van der Waals surface area contributed by atoms with Crippen LogP contribution in [0, 0.1) is 6.92 Å². The summed E-state index contributed by atoms with van der Waals surface area (Å²) in [5.74, 6) is 3.04. The normalized spacial score (nSPS) is 20.9. The van der Waals surface area contributed by atoms with Crippen molar-refractivity contribution in [2.45, 2.75) is 49.7 Å². The van der Waals surface area contributed by atoms with Gasteiger partial charge in [0.15, 0.2) is 0 Å². The maximum atomic E-state index is 6.01. The van der Waals surface area contributed by atoms with Crippen molar-refractivity contribution in [3.8, 4) is 0 Å². The molecule has 3 rings (SSSR count). The van der Waals surface area contributed by atoms with Gasteiger partial charge >= 0.3 is 0 Å². The van der Waals surface area contributed by atoms with Crippen molar-refractivity contribution in [3.63, 3.8) is 0 Å². The highest BCUT2D eigenvalue weighted by Crippen LogP contribution is 2.43. The molecule has 1 heterocycles. The number of hydrogen-bond donors (Lipinski definition) is 2. The van der Waals surface area contributed by atoms with E-state index >= 15 is 0 Å². The lowest BCUT2D eigenvalue weighted by Gasteiger charge is -2.40. The van der Waals surface area contributed by atoms with Gasteiger partial charge in [-0.25, -0.2) is 9.97 Å². The summed E-state index contributed by atoms with van der Waals surface area (Å²) in [6.07, 6.45) is 8.57. The van der Waals surface area contributed by atoms with Crippen LogP contribution in [0.25, 0.3) is 0 Å². The SMILES string of the molecule is CSC1(CNc2nc(C3CC3)nc(N)c2C)CCC1. The van der Waals surface area contributed by atoms with Crippen LogP contribution in [0.2, 0.25) is 0 Å². The van der Waals surface area contributed by atoms with Crippen LogP contribution in [0.5, 0.6) is 0 Å². The first kappa shape index (κ1) is 13.0. The molecule has 0 amide bonds. The zero-order valence-corrected chi connectivity index (χ0v) is 12.5. The van der Waals surface area contributed by atoms with Gasteiger partial charge in [0.1, 0.15) is 17.5 Å². The molecule has 2 aliphatic rings. The second-order valence-electron chi connectivity index (χ2n) is 5.81. The lowest BCUT2D eigenvalue weighted by molar-refractivity contribution is 0.379. The summed E-state index contributed by atoms with van der Waals surface area (Å²) >= 11 is 1.97. The van der Waals surface area contributed by atoms with Gasteiger partial charge in [-0.15, -0.1) is 0 Å². The van der Waals surface area contributed by atoms with Crippen molar-refractivity contribution < 1.29 is 0 Å². The minimum Gasteiger partial charge on any atom is -0.383 e. The van der Waals surface area contributed by atoms with Crippen LogP contribution in [0.15, 0.2) is 0 Å². The molecular formula is C14H22N4S. The van der Waals surface area contributed by atoms with Gasteiger partial charge in [0.25, 0.3) is 0 Å². The van der Waals surface area contributed by atoms with Gasteiger partial charge in [0.2, 0.25) is 0 Å². The Kier molecular flexibility index (Phi) is 3.33.